The smallest absolute Gasteiger partial charge is 0.305 e. The number of carboxylic acids is 1. The summed E-state index contributed by atoms with van der Waals surface area (Å²) in [5.41, 5.74) is 5.55. The van der Waals surface area contributed by atoms with E-state index in [9.17, 15) is 14.7 Å². The molecule has 3 rings (SSSR count). The van der Waals surface area contributed by atoms with Gasteiger partial charge in [-0.05, 0) is 63.8 Å². The van der Waals surface area contributed by atoms with E-state index in [-0.39, 0.29) is 30.4 Å². The fraction of sp³-hybridized carbons (Fsp3) is 0.870. The van der Waals surface area contributed by atoms with E-state index in [4.69, 9.17) is 15.9 Å². The predicted octanol–water partition coefficient (Wildman–Crippen LogP) is 1.76. The average Bonchev–Trinajstić information content (AvgIpc) is 3.30. The number of nitrogens with one attached hydrogen (secondary N) is 2. The minimum atomic E-state index is -0.934. The van der Waals surface area contributed by atoms with Crippen molar-refractivity contribution < 1.29 is 19.4 Å². The number of carbonyl (C=O) groups excluding carboxylic acids is 1. The van der Waals surface area contributed by atoms with Crippen LogP contribution in [0.1, 0.15) is 70.6 Å². The Balaban J connectivity index is 1.48. The third-order valence-electron chi connectivity index (χ3n) is 7.30. The summed E-state index contributed by atoms with van der Waals surface area (Å²) in [5.74, 6) is -0.322. The normalized spacial score (nSPS) is 23.9. The number of carbonyl (C=O) groups is 2. The van der Waals surface area contributed by atoms with Crippen LogP contribution in [0.3, 0.4) is 0 Å². The van der Waals surface area contributed by atoms with Crippen LogP contribution >= 0.6 is 0 Å². The molecule has 5 N–H and O–H groups in total. The lowest BCUT2D eigenvalue weighted by Crippen LogP contribution is -2.53. The molecule has 2 heterocycles. The fourth-order valence-corrected chi connectivity index (χ4v) is 5.37. The number of hydrogen-bond acceptors (Lipinski definition) is 5. The SMILES string of the molecule is N=C(N)N1CCC(OCCC2CCCCN2C(=O)C(CC(=O)O)NCC2CCCC2)CC1. The van der Waals surface area contributed by atoms with Crippen molar-refractivity contribution in [2.24, 2.45) is 11.7 Å². The van der Waals surface area contributed by atoms with Gasteiger partial charge in [0.1, 0.15) is 0 Å². The summed E-state index contributed by atoms with van der Waals surface area (Å²) in [6.07, 6.45) is 10.3. The molecule has 182 valence electrons. The lowest BCUT2D eigenvalue weighted by molar-refractivity contribution is -0.144. The van der Waals surface area contributed by atoms with Crippen molar-refractivity contribution in [2.75, 3.05) is 32.8 Å². The van der Waals surface area contributed by atoms with Crippen molar-refractivity contribution in [2.45, 2.75) is 88.8 Å². The van der Waals surface area contributed by atoms with Gasteiger partial charge in [0.25, 0.3) is 0 Å². The number of amides is 1. The topological polar surface area (TPSA) is 132 Å². The number of piperidine rings is 2. The van der Waals surface area contributed by atoms with Gasteiger partial charge in [0.15, 0.2) is 5.96 Å². The quantitative estimate of drug-likeness (QED) is 0.294. The molecule has 0 aromatic rings. The van der Waals surface area contributed by atoms with Gasteiger partial charge in [0.2, 0.25) is 5.91 Å². The number of nitrogens with two attached hydrogens (primary N) is 1. The standard InChI is InChI=1S/C23H41N5O4/c24-23(25)27-12-8-19(9-13-27)32-14-10-18-7-3-4-11-28(18)22(31)20(15-21(29)30)26-16-17-5-1-2-6-17/h17-20,26H,1-16H2,(H3,24,25)(H,29,30). The Bertz CT molecular complexity index is 632. The van der Waals surface area contributed by atoms with Crippen molar-refractivity contribution in [3.8, 4) is 0 Å². The second-order valence-corrected chi connectivity index (χ2v) is 9.62. The van der Waals surface area contributed by atoms with Gasteiger partial charge in [-0.3, -0.25) is 15.0 Å². The predicted molar refractivity (Wildman–Crippen MR) is 122 cm³/mol. The highest BCUT2D eigenvalue weighted by Gasteiger charge is 2.33. The van der Waals surface area contributed by atoms with Gasteiger partial charge < -0.3 is 30.7 Å². The fourth-order valence-electron chi connectivity index (χ4n) is 5.37. The first kappa shape index (κ1) is 24.8. The summed E-state index contributed by atoms with van der Waals surface area (Å²) in [5, 5.41) is 20.2. The van der Waals surface area contributed by atoms with Gasteiger partial charge >= 0.3 is 5.97 Å². The highest BCUT2D eigenvalue weighted by molar-refractivity contribution is 5.86. The summed E-state index contributed by atoms with van der Waals surface area (Å²) in [7, 11) is 0. The largest absolute Gasteiger partial charge is 0.481 e. The number of hydrogen-bond donors (Lipinski definition) is 4. The van der Waals surface area contributed by atoms with Crippen LogP contribution in [0, 0.1) is 11.3 Å². The maximum atomic E-state index is 13.3. The van der Waals surface area contributed by atoms with Crippen LogP contribution in [0.2, 0.25) is 0 Å². The van der Waals surface area contributed by atoms with Crippen molar-refractivity contribution in [3.05, 3.63) is 0 Å². The van der Waals surface area contributed by atoms with E-state index < -0.39 is 12.0 Å². The first-order valence-corrected chi connectivity index (χ1v) is 12.4. The van der Waals surface area contributed by atoms with E-state index in [2.05, 4.69) is 5.32 Å². The maximum absolute atomic E-state index is 13.3. The molecule has 9 heteroatoms. The Labute approximate surface area is 191 Å². The zero-order chi connectivity index (χ0) is 22.9. The van der Waals surface area contributed by atoms with Gasteiger partial charge in [-0.25, -0.2) is 0 Å². The first-order chi connectivity index (χ1) is 15.4. The highest BCUT2D eigenvalue weighted by atomic mass is 16.5. The van der Waals surface area contributed by atoms with E-state index >= 15 is 0 Å². The molecule has 3 aliphatic rings. The van der Waals surface area contributed by atoms with Crippen LogP contribution in [0.5, 0.6) is 0 Å². The Morgan fingerprint density at radius 2 is 1.75 bits per heavy atom. The molecule has 2 aliphatic heterocycles. The number of ether oxygens (including phenoxy) is 1. The molecule has 9 nitrogen and oxygen atoms in total. The molecule has 0 aromatic heterocycles. The van der Waals surface area contributed by atoms with E-state index in [1.165, 1.54) is 12.8 Å². The third-order valence-corrected chi connectivity index (χ3v) is 7.30. The van der Waals surface area contributed by atoms with Gasteiger partial charge in [0.05, 0.1) is 18.6 Å². The maximum Gasteiger partial charge on any atom is 0.305 e. The zero-order valence-corrected chi connectivity index (χ0v) is 19.3. The van der Waals surface area contributed by atoms with Crippen LogP contribution in [-0.2, 0) is 14.3 Å². The molecular weight excluding hydrogens is 410 g/mol. The minimum Gasteiger partial charge on any atom is -0.481 e. The number of rotatable bonds is 10. The molecule has 0 radical (unpaired) electrons. The van der Waals surface area contributed by atoms with Crippen LogP contribution in [0.4, 0.5) is 0 Å². The Morgan fingerprint density at radius 1 is 1.06 bits per heavy atom. The van der Waals surface area contributed by atoms with E-state index in [1.54, 1.807) is 0 Å². The average molecular weight is 452 g/mol. The number of guanidine groups is 1. The summed E-state index contributed by atoms with van der Waals surface area (Å²) in [6.45, 7) is 3.51. The summed E-state index contributed by atoms with van der Waals surface area (Å²) < 4.78 is 6.10. The molecule has 3 fully saturated rings. The zero-order valence-electron chi connectivity index (χ0n) is 19.3. The van der Waals surface area contributed by atoms with Crippen molar-refractivity contribution in [1.82, 2.24) is 15.1 Å². The molecular formula is C23H41N5O4. The summed E-state index contributed by atoms with van der Waals surface area (Å²) >= 11 is 0. The molecule has 32 heavy (non-hydrogen) atoms. The van der Waals surface area contributed by atoms with Gasteiger partial charge in [0, 0.05) is 32.3 Å². The molecule has 1 saturated carbocycles. The van der Waals surface area contributed by atoms with E-state index in [0.29, 0.717) is 19.1 Å². The molecule has 0 spiro atoms. The van der Waals surface area contributed by atoms with E-state index in [1.807, 2.05) is 9.80 Å². The summed E-state index contributed by atoms with van der Waals surface area (Å²) in [6, 6.07) is -0.538. The van der Waals surface area contributed by atoms with Crippen LogP contribution < -0.4 is 11.1 Å². The van der Waals surface area contributed by atoms with Crippen LogP contribution in [0.25, 0.3) is 0 Å². The molecule has 2 saturated heterocycles. The third kappa shape index (κ3) is 7.33. The lowest BCUT2D eigenvalue weighted by atomic mass is 9.97. The van der Waals surface area contributed by atoms with Crippen LogP contribution in [-0.4, -0.2) is 83.7 Å². The second kappa shape index (κ2) is 12.4. The first-order valence-electron chi connectivity index (χ1n) is 12.4. The molecule has 1 amide bonds. The molecule has 0 aromatic carbocycles. The van der Waals surface area contributed by atoms with Gasteiger partial charge in [-0.1, -0.05) is 12.8 Å². The molecule has 0 bridgehead atoms. The molecule has 1 aliphatic carbocycles. The molecule has 2 atom stereocenters. The van der Waals surface area contributed by atoms with Crippen molar-refractivity contribution >= 4 is 17.8 Å². The highest BCUT2D eigenvalue weighted by Crippen LogP contribution is 2.25. The Kier molecular flexibility index (Phi) is 9.59. The second-order valence-electron chi connectivity index (χ2n) is 9.62. The van der Waals surface area contributed by atoms with Gasteiger partial charge in [-0.15, -0.1) is 0 Å². The number of aliphatic carboxylic acids is 1. The number of nitrogens with zero attached hydrogens (tertiary/aromatic N) is 2. The lowest BCUT2D eigenvalue weighted by Gasteiger charge is -2.38. The summed E-state index contributed by atoms with van der Waals surface area (Å²) in [4.78, 5) is 28.5. The number of carboxylic acid groups (broad SMARTS) is 1. The monoisotopic (exact) mass is 451 g/mol. The number of likely N-dealkylation sites (tertiary alicyclic amines) is 2. The molecule has 2 unspecified atom stereocenters. The van der Waals surface area contributed by atoms with Crippen molar-refractivity contribution in [1.29, 1.82) is 5.41 Å². The Hall–Kier alpha value is -1.87. The van der Waals surface area contributed by atoms with E-state index in [0.717, 1.165) is 71.0 Å². The minimum absolute atomic E-state index is 0.0649. The Morgan fingerprint density at radius 3 is 2.41 bits per heavy atom. The van der Waals surface area contributed by atoms with Crippen LogP contribution in [0.15, 0.2) is 0 Å². The van der Waals surface area contributed by atoms with Gasteiger partial charge in [-0.2, -0.15) is 0 Å². The van der Waals surface area contributed by atoms with Crippen molar-refractivity contribution in [3.63, 3.8) is 0 Å².